The first-order valence-electron chi connectivity index (χ1n) is 9.20. The molecule has 0 atom stereocenters. The second kappa shape index (κ2) is 8.88. The molecule has 1 heterocycles. The summed E-state index contributed by atoms with van der Waals surface area (Å²) in [6.45, 7) is 0.372. The number of benzene rings is 3. The monoisotopic (exact) mass is 422 g/mol. The molecule has 0 amide bonds. The first-order valence-corrected chi connectivity index (χ1v) is 9.58. The smallest absolute Gasteiger partial charge is 0.258 e. The minimum atomic E-state index is 0.372. The molecule has 6 nitrogen and oxygen atoms in total. The fourth-order valence-corrected chi connectivity index (χ4v) is 3.17. The number of hydrogen-bond acceptors (Lipinski definition) is 6. The number of methoxy groups -OCH3 is 2. The predicted molar refractivity (Wildman–Crippen MR) is 114 cm³/mol. The molecule has 4 rings (SSSR count). The lowest BCUT2D eigenvalue weighted by molar-refractivity contribution is 0.284. The van der Waals surface area contributed by atoms with Gasteiger partial charge in [-0.2, -0.15) is 4.98 Å². The molecule has 0 radical (unpaired) electrons. The Bertz CT molecular complexity index is 1160. The average molecular weight is 423 g/mol. The van der Waals surface area contributed by atoms with Gasteiger partial charge < -0.3 is 18.7 Å². The van der Waals surface area contributed by atoms with Crippen LogP contribution in [0.15, 0.2) is 71.3 Å². The van der Waals surface area contributed by atoms with E-state index < -0.39 is 0 Å². The Kier molecular flexibility index (Phi) is 5.86. The van der Waals surface area contributed by atoms with Crippen LogP contribution < -0.4 is 14.2 Å². The number of nitrogens with zero attached hydrogens (tertiary/aromatic N) is 2. The van der Waals surface area contributed by atoms with E-state index in [0.29, 0.717) is 46.2 Å². The van der Waals surface area contributed by atoms with Crippen molar-refractivity contribution in [1.82, 2.24) is 10.1 Å². The minimum Gasteiger partial charge on any atom is -0.496 e. The van der Waals surface area contributed by atoms with Gasteiger partial charge in [-0.25, -0.2) is 0 Å². The number of para-hydroxylation sites is 2. The summed E-state index contributed by atoms with van der Waals surface area (Å²) in [7, 11) is 3.20. The topological polar surface area (TPSA) is 66.6 Å². The van der Waals surface area contributed by atoms with Gasteiger partial charge in [-0.15, -0.1) is 0 Å². The molecular weight excluding hydrogens is 404 g/mol. The fraction of sp³-hybridized carbons (Fsp3) is 0.130. The normalized spacial score (nSPS) is 10.6. The van der Waals surface area contributed by atoms with Crippen molar-refractivity contribution in [2.75, 3.05) is 14.2 Å². The standard InChI is InChI=1S/C23H19ClN2O4/c1-27-19-11-10-17(24)13-18(19)22-25-23(30-26-22)16-7-5-6-15(12-16)14-29-21-9-4-3-8-20(21)28-2/h3-13H,14H2,1-2H3. The van der Waals surface area contributed by atoms with Crippen molar-refractivity contribution in [3.8, 4) is 40.1 Å². The molecule has 0 unspecified atom stereocenters. The number of rotatable bonds is 7. The molecule has 0 saturated carbocycles. The highest BCUT2D eigenvalue weighted by Gasteiger charge is 2.15. The van der Waals surface area contributed by atoms with Gasteiger partial charge in [0.2, 0.25) is 5.82 Å². The summed E-state index contributed by atoms with van der Waals surface area (Å²) in [4.78, 5) is 4.51. The first-order chi connectivity index (χ1) is 14.7. The number of halogens is 1. The summed E-state index contributed by atoms with van der Waals surface area (Å²) < 4.78 is 22.1. The van der Waals surface area contributed by atoms with Gasteiger partial charge in [-0.1, -0.05) is 41.0 Å². The molecule has 0 aliphatic heterocycles. The van der Waals surface area contributed by atoms with Crippen molar-refractivity contribution in [3.63, 3.8) is 0 Å². The van der Waals surface area contributed by atoms with E-state index in [1.807, 2.05) is 48.5 Å². The second-order valence-electron chi connectivity index (χ2n) is 6.41. The summed E-state index contributed by atoms with van der Waals surface area (Å²) in [6, 6.07) is 20.5. The SMILES string of the molecule is COc1ccccc1OCc1cccc(-c2nc(-c3cc(Cl)ccc3OC)no2)c1. The van der Waals surface area contributed by atoms with Gasteiger partial charge in [0.1, 0.15) is 12.4 Å². The fourth-order valence-electron chi connectivity index (χ4n) is 3.00. The molecule has 30 heavy (non-hydrogen) atoms. The molecule has 0 saturated heterocycles. The predicted octanol–water partition coefficient (Wildman–Crippen LogP) is 5.65. The molecule has 4 aromatic rings. The van der Waals surface area contributed by atoms with Crippen LogP contribution in [0, 0.1) is 0 Å². The lowest BCUT2D eigenvalue weighted by Gasteiger charge is -2.10. The van der Waals surface area contributed by atoms with Gasteiger partial charge in [-0.05, 0) is 48.0 Å². The maximum absolute atomic E-state index is 6.11. The number of ether oxygens (including phenoxy) is 3. The number of hydrogen-bond donors (Lipinski definition) is 0. The highest BCUT2D eigenvalue weighted by Crippen LogP contribution is 2.32. The van der Waals surface area contributed by atoms with Crippen LogP contribution in [0.2, 0.25) is 5.02 Å². The molecule has 0 fully saturated rings. The van der Waals surface area contributed by atoms with Crippen LogP contribution in [0.1, 0.15) is 5.56 Å². The molecule has 1 aromatic heterocycles. The largest absolute Gasteiger partial charge is 0.496 e. The summed E-state index contributed by atoms with van der Waals surface area (Å²) >= 11 is 6.11. The molecule has 0 N–H and O–H groups in total. The van der Waals surface area contributed by atoms with Gasteiger partial charge in [0, 0.05) is 10.6 Å². The molecular formula is C23H19ClN2O4. The molecule has 7 heteroatoms. The second-order valence-corrected chi connectivity index (χ2v) is 6.84. The van der Waals surface area contributed by atoms with Crippen molar-refractivity contribution in [1.29, 1.82) is 0 Å². The molecule has 0 bridgehead atoms. The summed E-state index contributed by atoms with van der Waals surface area (Å²) in [5.41, 5.74) is 2.41. The van der Waals surface area contributed by atoms with Crippen LogP contribution in [0.3, 0.4) is 0 Å². The van der Waals surface area contributed by atoms with Crippen LogP contribution in [0.5, 0.6) is 17.2 Å². The van der Waals surface area contributed by atoms with Crippen LogP contribution in [-0.4, -0.2) is 24.4 Å². The van der Waals surface area contributed by atoms with E-state index in [1.165, 1.54) is 0 Å². The van der Waals surface area contributed by atoms with Crippen LogP contribution >= 0.6 is 11.6 Å². The van der Waals surface area contributed by atoms with Gasteiger partial charge in [0.15, 0.2) is 11.5 Å². The zero-order valence-corrected chi connectivity index (χ0v) is 17.2. The quantitative estimate of drug-likeness (QED) is 0.383. The summed E-state index contributed by atoms with van der Waals surface area (Å²) in [5, 5.41) is 4.65. The van der Waals surface area contributed by atoms with E-state index in [0.717, 1.165) is 11.1 Å². The molecule has 0 aliphatic rings. The van der Waals surface area contributed by atoms with Crippen molar-refractivity contribution >= 4 is 11.6 Å². The van der Waals surface area contributed by atoms with E-state index in [1.54, 1.807) is 32.4 Å². The molecule has 3 aromatic carbocycles. The maximum atomic E-state index is 6.11. The Hall–Kier alpha value is -3.51. The van der Waals surface area contributed by atoms with E-state index in [4.69, 9.17) is 30.3 Å². The van der Waals surface area contributed by atoms with E-state index in [9.17, 15) is 0 Å². The highest BCUT2D eigenvalue weighted by molar-refractivity contribution is 6.30. The van der Waals surface area contributed by atoms with Crippen molar-refractivity contribution in [2.24, 2.45) is 0 Å². The Morgan fingerprint density at radius 2 is 1.67 bits per heavy atom. The van der Waals surface area contributed by atoms with Crippen LogP contribution in [-0.2, 0) is 6.61 Å². The maximum Gasteiger partial charge on any atom is 0.258 e. The highest BCUT2D eigenvalue weighted by atomic mass is 35.5. The third kappa shape index (κ3) is 4.23. The molecule has 152 valence electrons. The zero-order valence-electron chi connectivity index (χ0n) is 16.5. The van der Waals surface area contributed by atoms with Crippen molar-refractivity contribution in [3.05, 3.63) is 77.3 Å². The summed E-state index contributed by atoms with van der Waals surface area (Å²) in [5.74, 6) is 2.78. The summed E-state index contributed by atoms with van der Waals surface area (Å²) in [6.07, 6.45) is 0. The number of aromatic nitrogens is 2. The third-order valence-electron chi connectivity index (χ3n) is 4.47. The van der Waals surface area contributed by atoms with E-state index >= 15 is 0 Å². The van der Waals surface area contributed by atoms with E-state index in [2.05, 4.69) is 10.1 Å². The van der Waals surface area contributed by atoms with Crippen LogP contribution in [0.4, 0.5) is 0 Å². The Morgan fingerprint density at radius 1 is 0.867 bits per heavy atom. The van der Waals surface area contributed by atoms with Crippen LogP contribution in [0.25, 0.3) is 22.8 Å². The Balaban J connectivity index is 1.56. The Morgan fingerprint density at radius 3 is 2.47 bits per heavy atom. The van der Waals surface area contributed by atoms with Gasteiger partial charge in [0.05, 0.1) is 19.8 Å². The third-order valence-corrected chi connectivity index (χ3v) is 4.70. The zero-order chi connectivity index (χ0) is 20.9. The lowest BCUT2D eigenvalue weighted by Crippen LogP contribution is -1.97. The van der Waals surface area contributed by atoms with E-state index in [-0.39, 0.29) is 0 Å². The van der Waals surface area contributed by atoms with Gasteiger partial charge >= 0.3 is 0 Å². The van der Waals surface area contributed by atoms with Gasteiger partial charge in [-0.3, -0.25) is 0 Å². The minimum absolute atomic E-state index is 0.372. The van der Waals surface area contributed by atoms with Crippen molar-refractivity contribution in [2.45, 2.75) is 6.61 Å². The first kappa shape index (κ1) is 19.8. The van der Waals surface area contributed by atoms with Gasteiger partial charge in [0.25, 0.3) is 5.89 Å². The molecule has 0 spiro atoms. The average Bonchev–Trinajstić information content (AvgIpc) is 3.28. The molecule has 0 aliphatic carbocycles. The van der Waals surface area contributed by atoms with Crippen molar-refractivity contribution < 1.29 is 18.7 Å². The lowest BCUT2D eigenvalue weighted by atomic mass is 10.1. The Labute approximate surface area is 179 Å².